The van der Waals surface area contributed by atoms with Gasteiger partial charge in [-0.05, 0) is 50.3 Å². The van der Waals surface area contributed by atoms with Gasteiger partial charge in [0.05, 0.1) is 28.7 Å². The molecule has 7 heteroatoms. The van der Waals surface area contributed by atoms with Gasteiger partial charge >= 0.3 is 6.18 Å². The van der Waals surface area contributed by atoms with Gasteiger partial charge in [-0.1, -0.05) is 19.9 Å². The van der Waals surface area contributed by atoms with Crippen LogP contribution in [0.5, 0.6) is 0 Å². The third kappa shape index (κ3) is 3.87. The molecule has 0 radical (unpaired) electrons. The molecule has 3 rings (SSSR count). The first kappa shape index (κ1) is 19.5. The van der Waals surface area contributed by atoms with Gasteiger partial charge in [0, 0.05) is 12.6 Å². The lowest BCUT2D eigenvalue weighted by atomic mass is 9.92. The average Bonchev–Trinajstić information content (AvgIpc) is 3.02. The summed E-state index contributed by atoms with van der Waals surface area (Å²) < 4.78 is 40.4. The number of rotatable bonds is 3. The number of nitrogens with zero attached hydrogens (tertiary/aromatic N) is 3. The van der Waals surface area contributed by atoms with Crippen molar-refractivity contribution in [1.82, 2.24) is 14.7 Å². The van der Waals surface area contributed by atoms with Crippen molar-refractivity contribution < 1.29 is 18.0 Å². The lowest BCUT2D eigenvalue weighted by molar-refractivity contribution is -0.137. The van der Waals surface area contributed by atoms with E-state index in [1.807, 2.05) is 4.90 Å². The number of hydrogen-bond acceptors (Lipinski definition) is 2. The summed E-state index contributed by atoms with van der Waals surface area (Å²) in [7, 11) is 0. The molecule has 1 aliphatic rings. The summed E-state index contributed by atoms with van der Waals surface area (Å²) in [5, 5.41) is 4.20. The topological polar surface area (TPSA) is 38.1 Å². The van der Waals surface area contributed by atoms with E-state index in [1.54, 1.807) is 13.0 Å². The highest BCUT2D eigenvalue weighted by Gasteiger charge is 2.32. The van der Waals surface area contributed by atoms with Crippen LogP contribution in [0.1, 0.15) is 54.7 Å². The fraction of sp³-hybridized carbons (Fsp3) is 0.500. The van der Waals surface area contributed by atoms with Crippen molar-refractivity contribution in [1.29, 1.82) is 0 Å². The second-order valence-corrected chi connectivity index (χ2v) is 7.41. The Morgan fingerprint density at radius 3 is 2.67 bits per heavy atom. The summed E-state index contributed by atoms with van der Waals surface area (Å²) >= 11 is 0. The van der Waals surface area contributed by atoms with Crippen molar-refractivity contribution in [2.24, 2.45) is 5.92 Å². The number of halogens is 3. The molecule has 0 aliphatic carbocycles. The molecule has 2 aromatic rings. The van der Waals surface area contributed by atoms with Gasteiger partial charge in [0.15, 0.2) is 0 Å². The maximum atomic E-state index is 13.1. The Hall–Kier alpha value is -2.31. The summed E-state index contributed by atoms with van der Waals surface area (Å²) in [6.45, 7) is 6.63. The Kier molecular flexibility index (Phi) is 5.31. The molecule has 0 bridgehead atoms. The Balaban J connectivity index is 1.92. The van der Waals surface area contributed by atoms with Gasteiger partial charge in [-0.15, -0.1) is 0 Å². The fourth-order valence-corrected chi connectivity index (χ4v) is 3.75. The first-order valence-corrected chi connectivity index (χ1v) is 9.23. The number of carbonyl (C=O) groups is 1. The minimum absolute atomic E-state index is 0.0934. The summed E-state index contributed by atoms with van der Waals surface area (Å²) in [6.07, 6.45) is 0.0903. The van der Waals surface area contributed by atoms with Crippen LogP contribution in [-0.2, 0) is 6.18 Å². The molecule has 1 unspecified atom stereocenters. The van der Waals surface area contributed by atoms with Gasteiger partial charge in [0.25, 0.3) is 5.91 Å². The SMILES string of the molecule is Cc1c(C(=O)N2CCCCC2C(C)C)cnn1-c1cccc(C(F)(F)F)c1. The third-order valence-corrected chi connectivity index (χ3v) is 5.24. The number of likely N-dealkylation sites (tertiary alicyclic amines) is 1. The molecule has 4 nitrogen and oxygen atoms in total. The Morgan fingerprint density at radius 1 is 1.26 bits per heavy atom. The Labute approximate surface area is 157 Å². The molecular formula is C20H24F3N3O. The average molecular weight is 379 g/mol. The lowest BCUT2D eigenvalue weighted by Crippen LogP contribution is -2.46. The highest BCUT2D eigenvalue weighted by molar-refractivity contribution is 5.95. The number of alkyl halides is 3. The van der Waals surface area contributed by atoms with Gasteiger partial charge in [-0.25, -0.2) is 4.68 Å². The first-order chi connectivity index (χ1) is 12.7. The Morgan fingerprint density at radius 2 is 2.00 bits per heavy atom. The van der Waals surface area contributed by atoms with Crippen molar-refractivity contribution in [3.05, 3.63) is 47.3 Å². The molecule has 1 fully saturated rings. The molecule has 1 atom stereocenters. The lowest BCUT2D eigenvalue weighted by Gasteiger charge is -2.38. The quantitative estimate of drug-likeness (QED) is 0.765. The number of hydrogen-bond donors (Lipinski definition) is 0. The van der Waals surface area contributed by atoms with E-state index < -0.39 is 11.7 Å². The molecule has 0 spiro atoms. The van der Waals surface area contributed by atoms with Crippen molar-refractivity contribution >= 4 is 5.91 Å². The van der Waals surface area contributed by atoms with Crippen molar-refractivity contribution in [2.75, 3.05) is 6.54 Å². The monoisotopic (exact) mass is 379 g/mol. The van der Waals surface area contributed by atoms with Crippen LogP contribution in [0.15, 0.2) is 30.5 Å². The predicted molar refractivity (Wildman–Crippen MR) is 96.8 cm³/mol. The molecule has 1 aliphatic heterocycles. The molecule has 27 heavy (non-hydrogen) atoms. The van der Waals surface area contributed by atoms with Crippen LogP contribution in [0, 0.1) is 12.8 Å². The zero-order chi connectivity index (χ0) is 19.8. The molecule has 1 aromatic heterocycles. The van der Waals surface area contributed by atoms with Gasteiger partial charge in [-0.2, -0.15) is 18.3 Å². The maximum Gasteiger partial charge on any atom is 0.416 e. The van der Waals surface area contributed by atoms with Crippen LogP contribution in [0.4, 0.5) is 13.2 Å². The van der Waals surface area contributed by atoms with E-state index in [4.69, 9.17) is 0 Å². The number of aromatic nitrogens is 2. The maximum absolute atomic E-state index is 13.1. The summed E-state index contributed by atoms with van der Waals surface area (Å²) in [5.74, 6) is 0.261. The standard InChI is InChI=1S/C20H24F3N3O/c1-13(2)18-9-4-5-10-25(18)19(27)17-12-24-26(14(17)3)16-8-6-7-15(11-16)20(21,22)23/h6-8,11-13,18H,4-5,9-10H2,1-3H3. The zero-order valence-corrected chi connectivity index (χ0v) is 15.8. The van der Waals surface area contributed by atoms with Gasteiger partial charge in [0.1, 0.15) is 0 Å². The minimum atomic E-state index is -4.42. The molecule has 2 heterocycles. The van der Waals surface area contributed by atoms with Gasteiger partial charge in [0.2, 0.25) is 0 Å². The van der Waals surface area contributed by atoms with E-state index in [2.05, 4.69) is 18.9 Å². The van der Waals surface area contributed by atoms with Crippen molar-refractivity contribution in [2.45, 2.75) is 52.3 Å². The highest BCUT2D eigenvalue weighted by Crippen LogP contribution is 2.31. The smallest absolute Gasteiger partial charge is 0.335 e. The van der Waals surface area contributed by atoms with E-state index in [0.717, 1.165) is 31.4 Å². The van der Waals surface area contributed by atoms with Gasteiger partial charge in [-0.3, -0.25) is 4.79 Å². The zero-order valence-electron chi connectivity index (χ0n) is 15.8. The summed E-state index contributed by atoms with van der Waals surface area (Å²) in [4.78, 5) is 15.0. The second kappa shape index (κ2) is 7.37. The number of benzene rings is 1. The first-order valence-electron chi connectivity index (χ1n) is 9.23. The van der Waals surface area contributed by atoms with Crippen LogP contribution >= 0.6 is 0 Å². The van der Waals surface area contributed by atoms with Crippen LogP contribution in [0.2, 0.25) is 0 Å². The molecule has 1 aromatic carbocycles. The molecule has 1 amide bonds. The molecule has 1 saturated heterocycles. The van der Waals surface area contributed by atoms with Crippen LogP contribution in [0.3, 0.4) is 0 Å². The Bertz CT molecular complexity index is 826. The van der Waals surface area contributed by atoms with Crippen molar-refractivity contribution in [3.8, 4) is 5.69 Å². The van der Waals surface area contributed by atoms with E-state index >= 15 is 0 Å². The van der Waals surface area contributed by atoms with Gasteiger partial charge < -0.3 is 4.90 Å². The van der Waals surface area contributed by atoms with E-state index in [1.165, 1.54) is 16.9 Å². The largest absolute Gasteiger partial charge is 0.416 e. The third-order valence-electron chi connectivity index (χ3n) is 5.24. The van der Waals surface area contributed by atoms with E-state index in [9.17, 15) is 18.0 Å². The number of piperidine rings is 1. The molecule has 0 N–H and O–H groups in total. The van der Waals surface area contributed by atoms with Crippen molar-refractivity contribution in [3.63, 3.8) is 0 Å². The summed E-state index contributed by atoms with van der Waals surface area (Å²) in [6, 6.07) is 5.16. The number of amides is 1. The van der Waals surface area contributed by atoms with Crippen LogP contribution in [-0.4, -0.2) is 33.2 Å². The van der Waals surface area contributed by atoms with E-state index in [0.29, 0.717) is 29.4 Å². The molecule has 0 saturated carbocycles. The second-order valence-electron chi connectivity index (χ2n) is 7.41. The highest BCUT2D eigenvalue weighted by atomic mass is 19.4. The van der Waals surface area contributed by atoms with Crippen LogP contribution in [0.25, 0.3) is 5.69 Å². The van der Waals surface area contributed by atoms with E-state index in [-0.39, 0.29) is 11.9 Å². The normalized spacial score (nSPS) is 18.2. The molecular weight excluding hydrogens is 355 g/mol. The van der Waals surface area contributed by atoms with Crippen LogP contribution < -0.4 is 0 Å². The fourth-order valence-electron chi connectivity index (χ4n) is 3.75. The number of carbonyl (C=O) groups excluding carboxylic acids is 1. The summed E-state index contributed by atoms with van der Waals surface area (Å²) in [5.41, 5.74) is 0.548. The minimum Gasteiger partial charge on any atom is -0.335 e. The molecule has 146 valence electrons. The predicted octanol–water partition coefficient (Wildman–Crippen LogP) is 4.85.